The first-order chi connectivity index (χ1) is 8.21. The normalized spacial score (nSPS) is 15.7. The van der Waals surface area contributed by atoms with Gasteiger partial charge in [0.2, 0.25) is 0 Å². The van der Waals surface area contributed by atoms with Crippen LogP contribution < -0.4 is 4.72 Å². The maximum absolute atomic E-state index is 12.5. The molecule has 1 aromatic rings. The smallest absolute Gasteiger partial charge is 0.255 e. The van der Waals surface area contributed by atoms with Crippen LogP contribution in [0.15, 0.2) is 18.3 Å². The largest absolute Gasteiger partial charge is 0.280 e. The van der Waals surface area contributed by atoms with Crippen molar-refractivity contribution in [1.82, 2.24) is 9.71 Å². The van der Waals surface area contributed by atoms with Crippen molar-refractivity contribution < 1.29 is 13.0 Å². The summed E-state index contributed by atoms with van der Waals surface area (Å²) in [6.07, 6.45) is -1.25. The third-order valence-electron chi connectivity index (χ3n) is 2.37. The van der Waals surface area contributed by atoms with Gasteiger partial charge in [-0.2, -0.15) is 0 Å². The molecule has 0 radical (unpaired) electrons. The molecular weight excluding hydrogens is 258 g/mol. The number of nitrogens with zero attached hydrogens (tertiary/aromatic N) is 1. The third-order valence-corrected chi connectivity index (χ3v) is 4.05. The molecule has 0 spiro atoms. The first kappa shape index (κ1) is 15.2. The van der Waals surface area contributed by atoms with Gasteiger partial charge in [0.15, 0.2) is 0 Å². The van der Waals surface area contributed by atoms with Crippen LogP contribution in [0.25, 0.3) is 0 Å². The zero-order valence-corrected chi connectivity index (χ0v) is 11.7. The second-order valence-corrected chi connectivity index (χ2v) is 7.03. The first-order valence-electron chi connectivity index (χ1n) is 5.64. The van der Waals surface area contributed by atoms with E-state index in [0.717, 1.165) is 0 Å². The Bertz CT molecular complexity index is 432. The van der Waals surface area contributed by atoms with Crippen LogP contribution in [0.1, 0.15) is 51.4 Å². The number of hydrogen-bond donors (Lipinski definition) is 1. The van der Waals surface area contributed by atoms with E-state index in [9.17, 15) is 13.0 Å². The number of rotatable bonds is 4. The maximum Gasteiger partial charge on any atom is 0.280 e. The third kappa shape index (κ3) is 4.10. The molecule has 0 amide bonds. The second-order valence-electron chi connectivity index (χ2n) is 5.04. The van der Waals surface area contributed by atoms with E-state index in [-0.39, 0.29) is 11.7 Å². The number of pyridine rings is 1. The van der Waals surface area contributed by atoms with E-state index in [0.29, 0.717) is 5.56 Å². The summed E-state index contributed by atoms with van der Waals surface area (Å²) >= 11 is 0. The molecule has 0 saturated carbocycles. The molecule has 0 aliphatic rings. The van der Waals surface area contributed by atoms with Crippen molar-refractivity contribution in [1.29, 1.82) is 0 Å². The highest BCUT2D eigenvalue weighted by molar-refractivity contribution is 7.84. The van der Waals surface area contributed by atoms with Crippen LogP contribution in [-0.4, -0.2) is 13.9 Å². The minimum Gasteiger partial charge on any atom is -0.255 e. The SMILES string of the molecule is CC(N[S@](=O)C(C)(C)C)c1ccnc(C(F)F)c1. The van der Waals surface area contributed by atoms with E-state index in [4.69, 9.17) is 0 Å². The molecule has 1 aromatic heterocycles. The molecule has 0 bridgehead atoms. The summed E-state index contributed by atoms with van der Waals surface area (Å²) < 4.78 is 39.4. The van der Waals surface area contributed by atoms with Gasteiger partial charge in [-0.25, -0.2) is 17.7 Å². The molecule has 18 heavy (non-hydrogen) atoms. The van der Waals surface area contributed by atoms with Gasteiger partial charge < -0.3 is 0 Å². The minimum absolute atomic E-state index is 0.261. The van der Waals surface area contributed by atoms with Crippen LogP contribution in [0, 0.1) is 0 Å². The van der Waals surface area contributed by atoms with E-state index in [1.165, 1.54) is 12.3 Å². The summed E-state index contributed by atoms with van der Waals surface area (Å²) in [7, 11) is -1.24. The lowest BCUT2D eigenvalue weighted by atomic mass is 10.1. The molecule has 1 heterocycles. The van der Waals surface area contributed by atoms with Crippen molar-refractivity contribution in [2.24, 2.45) is 0 Å². The van der Waals surface area contributed by atoms with E-state index in [1.807, 2.05) is 20.8 Å². The fourth-order valence-electron chi connectivity index (χ4n) is 1.26. The highest BCUT2D eigenvalue weighted by atomic mass is 32.2. The van der Waals surface area contributed by atoms with Gasteiger partial charge in [-0.3, -0.25) is 4.98 Å². The van der Waals surface area contributed by atoms with Crippen LogP contribution >= 0.6 is 0 Å². The Morgan fingerprint density at radius 3 is 2.50 bits per heavy atom. The molecule has 0 aliphatic carbocycles. The summed E-state index contributed by atoms with van der Waals surface area (Å²) in [5.74, 6) is 0. The summed E-state index contributed by atoms with van der Waals surface area (Å²) in [5, 5.41) is 0. The highest BCUT2D eigenvalue weighted by Crippen LogP contribution is 2.21. The molecule has 2 atom stereocenters. The van der Waals surface area contributed by atoms with Crippen molar-refractivity contribution in [3.63, 3.8) is 0 Å². The Balaban J connectivity index is 2.82. The van der Waals surface area contributed by atoms with Gasteiger partial charge in [0.1, 0.15) is 5.69 Å². The summed E-state index contributed by atoms with van der Waals surface area (Å²) in [6.45, 7) is 7.33. The Labute approximate surface area is 109 Å². The maximum atomic E-state index is 12.5. The van der Waals surface area contributed by atoms with Crippen LogP contribution in [0.3, 0.4) is 0 Å². The zero-order valence-electron chi connectivity index (χ0n) is 10.9. The number of aromatic nitrogens is 1. The molecule has 0 saturated heterocycles. The summed E-state index contributed by atoms with van der Waals surface area (Å²) in [5.41, 5.74) is 0.389. The molecule has 6 heteroatoms. The standard InChI is InChI=1S/C12H18F2N2OS/c1-8(16-18(17)12(2,3)4)9-5-6-15-10(7-9)11(13)14/h5-8,11,16H,1-4H3/t8?,18-/m1/s1. The van der Waals surface area contributed by atoms with Gasteiger partial charge in [0, 0.05) is 12.2 Å². The van der Waals surface area contributed by atoms with E-state index < -0.39 is 22.2 Å². The predicted octanol–water partition coefficient (Wildman–Crippen LogP) is 3.13. The van der Waals surface area contributed by atoms with E-state index in [2.05, 4.69) is 9.71 Å². The Kier molecular flexibility index (Phi) is 4.92. The Morgan fingerprint density at radius 1 is 1.39 bits per heavy atom. The van der Waals surface area contributed by atoms with Crippen molar-refractivity contribution in [2.45, 2.75) is 44.9 Å². The van der Waals surface area contributed by atoms with Crippen LogP contribution in [0.2, 0.25) is 0 Å². The van der Waals surface area contributed by atoms with E-state index in [1.54, 1.807) is 13.0 Å². The lowest BCUT2D eigenvalue weighted by Crippen LogP contribution is -2.34. The van der Waals surface area contributed by atoms with Crippen molar-refractivity contribution in [2.75, 3.05) is 0 Å². The Morgan fingerprint density at radius 2 is 2.00 bits per heavy atom. The molecule has 1 N–H and O–H groups in total. The summed E-state index contributed by atoms with van der Waals surface area (Å²) in [4.78, 5) is 3.60. The molecule has 0 fully saturated rings. The average Bonchev–Trinajstić information content (AvgIpc) is 2.27. The molecule has 0 aromatic carbocycles. The molecule has 102 valence electrons. The van der Waals surface area contributed by atoms with Gasteiger partial charge >= 0.3 is 0 Å². The summed E-state index contributed by atoms with van der Waals surface area (Å²) in [6, 6.07) is 2.71. The van der Waals surface area contributed by atoms with Crippen molar-refractivity contribution in [3.05, 3.63) is 29.6 Å². The fraction of sp³-hybridized carbons (Fsp3) is 0.583. The molecule has 0 aliphatic heterocycles. The van der Waals surface area contributed by atoms with Crippen LogP contribution in [0.5, 0.6) is 0 Å². The lowest BCUT2D eigenvalue weighted by molar-refractivity contribution is 0.146. The monoisotopic (exact) mass is 276 g/mol. The molecule has 3 nitrogen and oxygen atoms in total. The number of halogens is 2. The number of alkyl halides is 2. The van der Waals surface area contributed by atoms with Gasteiger partial charge in [-0.15, -0.1) is 0 Å². The van der Waals surface area contributed by atoms with Gasteiger partial charge in [-0.05, 0) is 45.4 Å². The number of hydrogen-bond acceptors (Lipinski definition) is 2. The van der Waals surface area contributed by atoms with E-state index >= 15 is 0 Å². The fourth-order valence-corrected chi connectivity index (χ4v) is 2.07. The van der Waals surface area contributed by atoms with Crippen molar-refractivity contribution in [3.8, 4) is 0 Å². The number of nitrogens with one attached hydrogen (secondary N) is 1. The quantitative estimate of drug-likeness (QED) is 0.918. The second kappa shape index (κ2) is 5.84. The van der Waals surface area contributed by atoms with Gasteiger partial charge in [0.05, 0.1) is 15.7 Å². The van der Waals surface area contributed by atoms with Gasteiger partial charge in [0.25, 0.3) is 6.43 Å². The zero-order chi connectivity index (χ0) is 13.9. The Hall–Kier alpha value is -0.880. The molecule has 1 unspecified atom stereocenters. The van der Waals surface area contributed by atoms with Crippen LogP contribution in [-0.2, 0) is 11.0 Å². The minimum atomic E-state index is -2.59. The highest BCUT2D eigenvalue weighted by Gasteiger charge is 2.22. The molecule has 1 rings (SSSR count). The predicted molar refractivity (Wildman–Crippen MR) is 68.6 cm³/mol. The van der Waals surface area contributed by atoms with Crippen molar-refractivity contribution >= 4 is 11.0 Å². The van der Waals surface area contributed by atoms with Gasteiger partial charge in [-0.1, -0.05) is 0 Å². The topological polar surface area (TPSA) is 42.0 Å². The lowest BCUT2D eigenvalue weighted by Gasteiger charge is -2.22. The van der Waals surface area contributed by atoms with Crippen LogP contribution in [0.4, 0.5) is 8.78 Å². The molecular formula is C12H18F2N2OS. The first-order valence-corrected chi connectivity index (χ1v) is 6.79. The average molecular weight is 276 g/mol.